The summed E-state index contributed by atoms with van der Waals surface area (Å²) in [6.45, 7) is 1.94. The van der Waals surface area contributed by atoms with Gasteiger partial charge in [0.1, 0.15) is 0 Å². The molecule has 1 rings (SSSR count). The number of aliphatic hydroxyl groups excluding tert-OH is 1. The highest BCUT2D eigenvalue weighted by Crippen LogP contribution is 2.06. The Morgan fingerprint density at radius 1 is 1.29 bits per heavy atom. The largest absolute Gasteiger partial charge is 0.504 e. The summed E-state index contributed by atoms with van der Waals surface area (Å²) in [5, 5.41) is 9.35. The molecular formula is C13H14O4. The van der Waals surface area contributed by atoms with E-state index in [9.17, 15) is 14.7 Å². The molecule has 1 aromatic rings. The molecule has 0 unspecified atom stereocenters. The summed E-state index contributed by atoms with van der Waals surface area (Å²) in [4.78, 5) is 22.3. The van der Waals surface area contributed by atoms with Crippen LogP contribution in [0, 0.1) is 6.92 Å². The zero-order valence-corrected chi connectivity index (χ0v) is 9.77. The first-order valence-corrected chi connectivity index (χ1v) is 5.10. The highest BCUT2D eigenvalue weighted by Gasteiger charge is 2.10. The van der Waals surface area contributed by atoms with Gasteiger partial charge in [-0.3, -0.25) is 4.79 Å². The van der Waals surface area contributed by atoms with Crippen molar-refractivity contribution in [2.45, 2.75) is 13.3 Å². The number of esters is 1. The topological polar surface area (TPSA) is 63.6 Å². The van der Waals surface area contributed by atoms with Crippen molar-refractivity contribution >= 4 is 11.8 Å². The fourth-order valence-electron chi connectivity index (χ4n) is 1.23. The molecule has 0 aliphatic rings. The van der Waals surface area contributed by atoms with Crippen LogP contribution in [-0.2, 0) is 20.7 Å². The lowest BCUT2D eigenvalue weighted by Gasteiger charge is -2.01. The second-order valence-electron chi connectivity index (χ2n) is 3.64. The zero-order chi connectivity index (χ0) is 12.8. The molecule has 90 valence electrons. The lowest BCUT2D eigenvalue weighted by Crippen LogP contribution is -2.08. The molecule has 0 aromatic heterocycles. The zero-order valence-electron chi connectivity index (χ0n) is 9.77. The maximum Gasteiger partial charge on any atom is 0.334 e. The van der Waals surface area contributed by atoms with E-state index >= 15 is 0 Å². The average molecular weight is 234 g/mol. The number of aryl methyl sites for hydroxylation is 1. The van der Waals surface area contributed by atoms with Crippen LogP contribution in [0.4, 0.5) is 0 Å². The van der Waals surface area contributed by atoms with Crippen molar-refractivity contribution in [3.05, 3.63) is 47.2 Å². The Morgan fingerprint density at radius 3 is 2.41 bits per heavy atom. The molecule has 1 aromatic carbocycles. The lowest BCUT2D eigenvalue weighted by atomic mass is 10.1. The van der Waals surface area contributed by atoms with Gasteiger partial charge in [-0.1, -0.05) is 29.8 Å². The fraction of sp³-hybridized carbons (Fsp3) is 0.231. The Bertz CT molecular complexity index is 443. The molecule has 0 amide bonds. The van der Waals surface area contributed by atoms with Gasteiger partial charge >= 0.3 is 5.97 Å². The molecule has 4 nitrogen and oxygen atoms in total. The SMILES string of the molecule is COC(=O)/C=C(\O)C(=O)Cc1ccc(C)cc1. The van der Waals surface area contributed by atoms with Gasteiger partial charge in [0.25, 0.3) is 0 Å². The number of rotatable bonds is 4. The summed E-state index contributed by atoms with van der Waals surface area (Å²) in [6, 6.07) is 7.37. The van der Waals surface area contributed by atoms with E-state index in [0.717, 1.165) is 17.2 Å². The number of Topliss-reactive ketones (excluding diaryl/α,β-unsaturated/α-hetero) is 1. The summed E-state index contributed by atoms with van der Waals surface area (Å²) in [5.41, 5.74) is 1.88. The van der Waals surface area contributed by atoms with Gasteiger partial charge < -0.3 is 9.84 Å². The van der Waals surface area contributed by atoms with Crippen LogP contribution in [-0.4, -0.2) is 24.0 Å². The summed E-state index contributed by atoms with van der Waals surface area (Å²) in [7, 11) is 1.18. The summed E-state index contributed by atoms with van der Waals surface area (Å²) in [6.07, 6.45) is 0.829. The molecule has 0 bridgehead atoms. The molecule has 0 aliphatic carbocycles. The Kier molecular flexibility index (Phi) is 4.46. The van der Waals surface area contributed by atoms with E-state index in [1.165, 1.54) is 7.11 Å². The predicted molar refractivity (Wildman–Crippen MR) is 62.6 cm³/mol. The minimum atomic E-state index is -0.750. The van der Waals surface area contributed by atoms with Crippen molar-refractivity contribution in [3.63, 3.8) is 0 Å². The van der Waals surface area contributed by atoms with Crippen LogP contribution in [0.2, 0.25) is 0 Å². The Balaban J connectivity index is 2.69. The Hall–Kier alpha value is -2.10. The van der Waals surface area contributed by atoms with E-state index in [2.05, 4.69) is 4.74 Å². The second-order valence-corrected chi connectivity index (χ2v) is 3.64. The van der Waals surface area contributed by atoms with Crippen molar-refractivity contribution in [2.24, 2.45) is 0 Å². The molecule has 0 fully saturated rings. The molecule has 0 saturated heterocycles. The third-order valence-corrected chi connectivity index (χ3v) is 2.23. The number of methoxy groups -OCH3 is 1. The van der Waals surface area contributed by atoms with Gasteiger partial charge in [0.05, 0.1) is 13.2 Å². The van der Waals surface area contributed by atoms with Crippen LogP contribution < -0.4 is 0 Å². The number of hydrogen-bond donors (Lipinski definition) is 1. The Labute approximate surface area is 99.5 Å². The molecule has 0 aliphatic heterocycles. The minimum absolute atomic E-state index is 0.0552. The summed E-state index contributed by atoms with van der Waals surface area (Å²) < 4.78 is 4.31. The number of carbonyl (C=O) groups is 2. The quantitative estimate of drug-likeness (QED) is 0.489. The first-order chi connectivity index (χ1) is 8.02. The summed E-state index contributed by atoms with van der Waals surface area (Å²) >= 11 is 0. The van der Waals surface area contributed by atoms with Gasteiger partial charge in [-0.15, -0.1) is 0 Å². The smallest absolute Gasteiger partial charge is 0.334 e. The van der Waals surface area contributed by atoms with Gasteiger partial charge in [0, 0.05) is 6.42 Å². The molecule has 1 N–H and O–H groups in total. The van der Waals surface area contributed by atoms with E-state index in [1.54, 1.807) is 12.1 Å². The van der Waals surface area contributed by atoms with Crippen LogP contribution in [0.25, 0.3) is 0 Å². The van der Waals surface area contributed by atoms with E-state index in [-0.39, 0.29) is 6.42 Å². The van der Waals surface area contributed by atoms with Crippen molar-refractivity contribution in [2.75, 3.05) is 7.11 Å². The average Bonchev–Trinajstić information content (AvgIpc) is 2.31. The normalized spacial score (nSPS) is 11.1. The Morgan fingerprint density at radius 2 is 1.88 bits per heavy atom. The number of ketones is 1. The monoisotopic (exact) mass is 234 g/mol. The summed E-state index contributed by atoms with van der Waals surface area (Å²) in [5.74, 6) is -1.85. The number of ether oxygens (including phenoxy) is 1. The number of benzene rings is 1. The first kappa shape index (κ1) is 13.0. The molecule has 0 atom stereocenters. The second kappa shape index (κ2) is 5.84. The van der Waals surface area contributed by atoms with Crippen molar-refractivity contribution in [1.82, 2.24) is 0 Å². The van der Waals surface area contributed by atoms with Gasteiger partial charge in [-0.2, -0.15) is 0 Å². The molecular weight excluding hydrogens is 220 g/mol. The minimum Gasteiger partial charge on any atom is -0.504 e. The maximum atomic E-state index is 11.5. The van der Waals surface area contributed by atoms with Crippen LogP contribution >= 0.6 is 0 Å². The van der Waals surface area contributed by atoms with Crippen LogP contribution in [0.1, 0.15) is 11.1 Å². The van der Waals surface area contributed by atoms with Crippen LogP contribution in [0.5, 0.6) is 0 Å². The van der Waals surface area contributed by atoms with E-state index < -0.39 is 17.5 Å². The number of hydrogen-bond acceptors (Lipinski definition) is 4. The fourth-order valence-corrected chi connectivity index (χ4v) is 1.23. The molecule has 4 heteroatoms. The van der Waals surface area contributed by atoms with Gasteiger partial charge in [-0.25, -0.2) is 4.79 Å². The van der Waals surface area contributed by atoms with Crippen LogP contribution in [0.3, 0.4) is 0 Å². The van der Waals surface area contributed by atoms with Crippen molar-refractivity contribution in [3.8, 4) is 0 Å². The molecule has 0 spiro atoms. The third-order valence-electron chi connectivity index (χ3n) is 2.23. The maximum absolute atomic E-state index is 11.5. The number of allylic oxidation sites excluding steroid dienone is 1. The number of aliphatic hydroxyl groups is 1. The lowest BCUT2D eigenvalue weighted by molar-refractivity contribution is -0.135. The van der Waals surface area contributed by atoms with Gasteiger partial charge in [-0.05, 0) is 12.5 Å². The third kappa shape index (κ3) is 4.10. The van der Waals surface area contributed by atoms with Crippen molar-refractivity contribution in [1.29, 1.82) is 0 Å². The van der Waals surface area contributed by atoms with Crippen LogP contribution in [0.15, 0.2) is 36.1 Å². The van der Waals surface area contributed by atoms with E-state index in [4.69, 9.17) is 0 Å². The first-order valence-electron chi connectivity index (χ1n) is 5.10. The standard InChI is InChI=1S/C13H14O4/c1-9-3-5-10(6-4-9)7-11(14)12(15)8-13(16)17-2/h3-6,8,15H,7H2,1-2H3/b12-8-. The van der Waals surface area contributed by atoms with E-state index in [1.807, 2.05) is 19.1 Å². The van der Waals surface area contributed by atoms with Gasteiger partial charge in [0.15, 0.2) is 5.76 Å². The van der Waals surface area contributed by atoms with Gasteiger partial charge in [0.2, 0.25) is 5.78 Å². The highest BCUT2D eigenvalue weighted by atomic mass is 16.5. The van der Waals surface area contributed by atoms with E-state index in [0.29, 0.717) is 0 Å². The van der Waals surface area contributed by atoms with Crippen molar-refractivity contribution < 1.29 is 19.4 Å². The molecule has 0 heterocycles. The number of carbonyl (C=O) groups excluding carboxylic acids is 2. The molecule has 17 heavy (non-hydrogen) atoms. The predicted octanol–water partition coefficient (Wildman–Crippen LogP) is 1.72. The highest BCUT2D eigenvalue weighted by molar-refractivity contribution is 5.99. The molecule has 0 radical (unpaired) electrons. The molecule has 0 saturated carbocycles.